The van der Waals surface area contributed by atoms with Gasteiger partial charge in [0.2, 0.25) is 0 Å². The van der Waals surface area contributed by atoms with E-state index in [-0.39, 0.29) is 0 Å². The van der Waals surface area contributed by atoms with Gasteiger partial charge in [0.05, 0.1) is 6.04 Å². The van der Waals surface area contributed by atoms with Crippen LogP contribution in [0.25, 0.3) is 0 Å². The summed E-state index contributed by atoms with van der Waals surface area (Å²) < 4.78 is 5.62. The second-order valence-corrected chi connectivity index (χ2v) is 12.4. The Hall–Kier alpha value is 0.320. The molecule has 12 heavy (non-hydrogen) atoms. The second kappa shape index (κ2) is 1.15. The first kappa shape index (κ1) is 5.93. The topological polar surface area (TPSA) is 9.23 Å². The minimum absolute atomic E-state index is 0.817. The first-order valence-electron chi connectivity index (χ1n) is 3.79. The van der Waals surface area contributed by atoms with Gasteiger partial charge in [0, 0.05) is 32.6 Å². The smallest absolute Gasteiger partial charge is 0.139 e. The molecule has 0 aliphatic carbocycles. The lowest BCUT2D eigenvalue weighted by Gasteiger charge is -2.05. The van der Waals surface area contributed by atoms with Crippen LogP contribution in [-0.2, 0) is 23.6 Å². The number of hydrogen-bond acceptors (Lipinski definition) is 3. The van der Waals surface area contributed by atoms with Gasteiger partial charge in [0.15, 0.2) is 0 Å². The Morgan fingerprint density at radius 3 is 2.33 bits per heavy atom. The molecule has 0 N–H and O–H groups in total. The van der Waals surface area contributed by atoms with E-state index in [2.05, 4.69) is 0 Å². The van der Waals surface area contributed by atoms with E-state index < -0.39 is 12.1 Å². The highest BCUT2D eigenvalue weighted by Crippen LogP contribution is 2.77. The van der Waals surface area contributed by atoms with E-state index in [9.17, 15) is 0 Å². The van der Waals surface area contributed by atoms with Gasteiger partial charge in [-0.15, -0.1) is 0 Å². The molecule has 5 aliphatic heterocycles. The van der Waals surface area contributed by atoms with Crippen LogP contribution in [0.5, 0.6) is 5.75 Å². The summed E-state index contributed by atoms with van der Waals surface area (Å²) in [5, 5.41) is 7.52. The van der Waals surface area contributed by atoms with Gasteiger partial charge in [-0.05, 0) is 0 Å². The normalized spacial score (nSPS) is 44.7. The zero-order chi connectivity index (χ0) is 7.88. The fourth-order valence-corrected chi connectivity index (χ4v) is 12.7. The highest BCUT2D eigenvalue weighted by molar-refractivity contribution is 8.40. The molecular weight excluding hydrogens is 226 g/mol. The van der Waals surface area contributed by atoms with Crippen molar-refractivity contribution >= 4 is 62.2 Å². The van der Waals surface area contributed by atoms with Crippen LogP contribution in [-0.4, -0.2) is 6.35 Å². The van der Waals surface area contributed by atoms with Gasteiger partial charge in [-0.1, -0.05) is 23.6 Å². The molecule has 5 heteroatoms. The fraction of sp³-hybridized carbons (Fsp3) is 0.143. The molecule has 0 aromatic heterocycles. The number of benzene rings is 1. The molecule has 2 unspecified atom stereocenters. The van der Waals surface area contributed by atoms with E-state index in [1.807, 2.05) is 0 Å². The van der Waals surface area contributed by atoms with E-state index in [4.69, 9.17) is 28.4 Å². The highest BCUT2D eigenvalue weighted by Gasteiger charge is 2.74. The minimum Gasteiger partial charge on any atom is -0.486 e. The molecule has 0 fully saturated rings. The number of ether oxygens (including phenoxy) is 1. The van der Waals surface area contributed by atoms with Crippen LogP contribution in [0, 0.1) is 0 Å². The summed E-state index contributed by atoms with van der Waals surface area (Å²) in [7, 11) is 0. The predicted molar refractivity (Wildman–Crippen MR) is 58.7 cm³/mol. The van der Waals surface area contributed by atoms with Crippen LogP contribution in [0.15, 0.2) is 0 Å². The quantitative estimate of drug-likeness (QED) is 0.464. The predicted octanol–water partition coefficient (Wildman–Crippen LogP) is -0.837. The summed E-state index contributed by atoms with van der Waals surface area (Å²) in [4.78, 5) is 0. The van der Waals surface area contributed by atoms with Gasteiger partial charge in [0.1, 0.15) is 12.1 Å². The molecule has 2 atom stereocenters. The first-order valence-corrected chi connectivity index (χ1v) is 9.58. The van der Waals surface area contributed by atoms with Gasteiger partial charge in [0.25, 0.3) is 0 Å². The van der Waals surface area contributed by atoms with Crippen LogP contribution >= 0.6 is 12.1 Å². The zero-order valence-corrected chi connectivity index (χ0v) is 9.25. The van der Waals surface area contributed by atoms with Crippen LogP contribution in [0.3, 0.4) is 0 Å². The molecular formula is C7H2OP2S2. The molecule has 0 saturated carbocycles. The van der Waals surface area contributed by atoms with Crippen molar-refractivity contribution in [3.05, 3.63) is 0 Å². The number of rotatable bonds is 0. The Balaban J connectivity index is 2.20. The monoisotopic (exact) mass is 228 g/mol. The van der Waals surface area contributed by atoms with Crippen molar-refractivity contribution in [3.63, 3.8) is 0 Å². The van der Waals surface area contributed by atoms with Crippen molar-refractivity contribution in [2.45, 2.75) is 0 Å². The van der Waals surface area contributed by atoms with Crippen molar-refractivity contribution in [1.82, 2.24) is 0 Å². The molecule has 0 saturated heterocycles. The van der Waals surface area contributed by atoms with Crippen LogP contribution < -0.4 is 31.3 Å². The number of hydrogen-bond donors (Lipinski definition) is 0. The maximum atomic E-state index is 5.62. The summed E-state index contributed by atoms with van der Waals surface area (Å²) in [5.41, 5.74) is 0. The Morgan fingerprint density at radius 1 is 1.00 bits per heavy atom. The maximum absolute atomic E-state index is 5.62. The van der Waals surface area contributed by atoms with Crippen molar-refractivity contribution in [2.24, 2.45) is 0 Å². The molecule has 1 nitrogen and oxygen atoms in total. The first-order chi connectivity index (χ1) is 5.71. The lowest BCUT2D eigenvalue weighted by atomic mass is 10.3. The van der Waals surface area contributed by atoms with Gasteiger partial charge in [-0.2, -0.15) is 0 Å². The lowest BCUT2D eigenvalue weighted by Crippen LogP contribution is -2.24. The molecule has 0 spiro atoms. The van der Waals surface area contributed by atoms with E-state index in [0.29, 0.717) is 0 Å². The average Bonchev–Trinajstić information content (AvgIpc) is 2.90. The third kappa shape index (κ3) is 0.304. The molecule has 58 valence electrons. The Kier molecular flexibility index (Phi) is 0.570. The molecule has 1 aromatic carbocycles. The van der Waals surface area contributed by atoms with Crippen LogP contribution in [0.2, 0.25) is 0 Å². The van der Waals surface area contributed by atoms with Crippen molar-refractivity contribution in [3.8, 4) is 5.75 Å². The summed E-state index contributed by atoms with van der Waals surface area (Å²) in [6, 6.07) is -2.34. The zero-order valence-electron chi connectivity index (χ0n) is 5.83. The van der Waals surface area contributed by atoms with Crippen LogP contribution in [0.1, 0.15) is 0 Å². The largest absolute Gasteiger partial charge is 0.486 e. The Morgan fingerprint density at radius 2 is 1.67 bits per heavy atom. The van der Waals surface area contributed by atoms with E-state index in [1.54, 1.807) is 5.30 Å². The van der Waals surface area contributed by atoms with Gasteiger partial charge >= 0.3 is 0 Å². The molecule has 0 amide bonds. The SMILES string of the molecule is S=P12COc3c1c2c1c2c3P12=S. The second-order valence-electron chi connectivity index (χ2n) is 3.69. The highest BCUT2D eigenvalue weighted by atomic mass is 32.4. The summed E-state index contributed by atoms with van der Waals surface area (Å²) in [6.45, 7) is 0. The van der Waals surface area contributed by atoms with Gasteiger partial charge < -0.3 is 4.74 Å². The molecule has 6 rings (SSSR count). The Labute approximate surface area is 79.1 Å². The standard InChI is InChI=1S/C7H2OP2S2/c11-9-1-8-2-3(9)5(9)7-6-4(2)10(6,7)12/h1H2. The van der Waals surface area contributed by atoms with E-state index >= 15 is 0 Å². The molecule has 5 heterocycles. The van der Waals surface area contributed by atoms with Crippen LogP contribution in [0.4, 0.5) is 0 Å². The van der Waals surface area contributed by atoms with E-state index in [1.165, 1.54) is 27.0 Å². The van der Waals surface area contributed by atoms with Crippen molar-refractivity contribution in [2.75, 3.05) is 6.35 Å². The average molecular weight is 228 g/mol. The molecule has 5 aliphatic rings. The fourth-order valence-electron chi connectivity index (χ4n) is 2.50. The van der Waals surface area contributed by atoms with E-state index in [0.717, 1.165) is 6.35 Å². The minimum atomic E-state index is -1.23. The van der Waals surface area contributed by atoms with Gasteiger partial charge in [-0.25, -0.2) is 0 Å². The summed E-state index contributed by atoms with van der Waals surface area (Å²) >= 11 is 11.2. The third-order valence-electron chi connectivity index (χ3n) is 3.24. The van der Waals surface area contributed by atoms with Gasteiger partial charge in [-0.3, -0.25) is 0 Å². The van der Waals surface area contributed by atoms with Crippen molar-refractivity contribution < 1.29 is 4.74 Å². The summed E-state index contributed by atoms with van der Waals surface area (Å²) in [6.07, 6.45) is 0.817. The Bertz CT molecular complexity index is 631. The molecule has 0 radical (unpaired) electrons. The van der Waals surface area contributed by atoms with Crippen molar-refractivity contribution in [1.29, 1.82) is 0 Å². The maximum Gasteiger partial charge on any atom is 0.139 e. The molecule has 1 aromatic rings. The lowest BCUT2D eigenvalue weighted by molar-refractivity contribution is 0.405. The third-order valence-corrected chi connectivity index (χ3v) is 11.8. The molecule has 2 bridgehead atoms. The summed E-state index contributed by atoms with van der Waals surface area (Å²) in [5.74, 6) is 1.17.